The van der Waals surface area contributed by atoms with Crippen LogP contribution in [0.3, 0.4) is 0 Å². The summed E-state index contributed by atoms with van der Waals surface area (Å²) < 4.78 is 5.51. The molecule has 1 aliphatic heterocycles. The summed E-state index contributed by atoms with van der Waals surface area (Å²) in [4.78, 5) is 24.8. The standard InChI is InChI=1S/C18H26N2O3/c1-12(2)16(18(22)19-11-15-8-5-9-23-15)20-17(21)14-7-4-6-13(3)10-14/h4,6-7,10,12,15-16H,5,8-9,11H2,1-3H3,(H,19,22)(H,20,21)/t15-,16+/m0/s1. The Morgan fingerprint density at radius 3 is 2.74 bits per heavy atom. The van der Waals surface area contributed by atoms with Gasteiger partial charge in [-0.15, -0.1) is 0 Å². The van der Waals surface area contributed by atoms with Crippen molar-refractivity contribution in [3.8, 4) is 0 Å². The van der Waals surface area contributed by atoms with Crippen molar-refractivity contribution in [3.05, 3.63) is 35.4 Å². The minimum absolute atomic E-state index is 0.00764. The number of hydrogen-bond donors (Lipinski definition) is 2. The Morgan fingerprint density at radius 1 is 1.35 bits per heavy atom. The summed E-state index contributed by atoms with van der Waals surface area (Å²) in [6.45, 7) is 7.05. The molecule has 2 amide bonds. The normalized spacial score (nSPS) is 18.7. The largest absolute Gasteiger partial charge is 0.376 e. The van der Waals surface area contributed by atoms with Gasteiger partial charge in [0.15, 0.2) is 0 Å². The van der Waals surface area contributed by atoms with Gasteiger partial charge in [-0.3, -0.25) is 9.59 Å². The Kier molecular flexibility index (Phi) is 6.16. The average molecular weight is 318 g/mol. The van der Waals surface area contributed by atoms with Crippen LogP contribution in [0.4, 0.5) is 0 Å². The first kappa shape index (κ1) is 17.5. The third-order valence-corrected chi connectivity index (χ3v) is 4.04. The molecule has 1 heterocycles. The lowest BCUT2D eigenvalue weighted by Crippen LogP contribution is -2.50. The van der Waals surface area contributed by atoms with Crippen LogP contribution in [0.25, 0.3) is 0 Å². The van der Waals surface area contributed by atoms with E-state index in [9.17, 15) is 9.59 Å². The maximum atomic E-state index is 12.4. The van der Waals surface area contributed by atoms with E-state index < -0.39 is 6.04 Å². The zero-order chi connectivity index (χ0) is 16.8. The molecule has 1 aliphatic rings. The molecule has 2 rings (SSSR count). The number of aryl methyl sites for hydroxylation is 1. The second-order valence-electron chi connectivity index (χ2n) is 6.44. The molecule has 0 aromatic heterocycles. The van der Waals surface area contributed by atoms with E-state index in [4.69, 9.17) is 4.74 Å². The number of nitrogens with one attached hydrogen (secondary N) is 2. The van der Waals surface area contributed by atoms with E-state index in [1.165, 1.54) is 0 Å². The van der Waals surface area contributed by atoms with Crippen LogP contribution >= 0.6 is 0 Å². The molecule has 0 spiro atoms. The van der Waals surface area contributed by atoms with E-state index in [2.05, 4.69) is 10.6 Å². The molecule has 2 atom stereocenters. The van der Waals surface area contributed by atoms with Crippen molar-refractivity contribution in [1.29, 1.82) is 0 Å². The Balaban J connectivity index is 1.94. The van der Waals surface area contributed by atoms with E-state index in [-0.39, 0.29) is 23.8 Å². The lowest BCUT2D eigenvalue weighted by molar-refractivity contribution is -0.124. The van der Waals surface area contributed by atoms with Crippen LogP contribution < -0.4 is 10.6 Å². The van der Waals surface area contributed by atoms with Gasteiger partial charge in [0.1, 0.15) is 6.04 Å². The van der Waals surface area contributed by atoms with Crippen molar-refractivity contribution in [3.63, 3.8) is 0 Å². The second-order valence-corrected chi connectivity index (χ2v) is 6.44. The number of amides is 2. The summed E-state index contributed by atoms with van der Waals surface area (Å²) >= 11 is 0. The summed E-state index contributed by atoms with van der Waals surface area (Å²) in [5.74, 6) is -0.371. The van der Waals surface area contributed by atoms with E-state index in [0.717, 1.165) is 25.0 Å². The maximum Gasteiger partial charge on any atom is 0.251 e. The van der Waals surface area contributed by atoms with Gasteiger partial charge in [-0.25, -0.2) is 0 Å². The Bertz CT molecular complexity index is 551. The smallest absolute Gasteiger partial charge is 0.251 e. The fraction of sp³-hybridized carbons (Fsp3) is 0.556. The Morgan fingerprint density at radius 2 is 2.13 bits per heavy atom. The fourth-order valence-corrected chi connectivity index (χ4v) is 2.68. The number of ether oxygens (including phenoxy) is 1. The maximum absolute atomic E-state index is 12.4. The van der Waals surface area contributed by atoms with Crippen LogP contribution in [0, 0.1) is 12.8 Å². The predicted octanol–water partition coefficient (Wildman–Crippen LogP) is 2.04. The summed E-state index contributed by atoms with van der Waals surface area (Å²) in [5.41, 5.74) is 1.59. The Hall–Kier alpha value is -1.88. The third-order valence-electron chi connectivity index (χ3n) is 4.04. The topological polar surface area (TPSA) is 67.4 Å². The molecule has 5 nitrogen and oxygen atoms in total. The zero-order valence-corrected chi connectivity index (χ0v) is 14.1. The molecule has 1 fully saturated rings. The molecule has 126 valence electrons. The highest BCUT2D eigenvalue weighted by atomic mass is 16.5. The molecule has 0 bridgehead atoms. The van der Waals surface area contributed by atoms with Gasteiger partial charge < -0.3 is 15.4 Å². The minimum atomic E-state index is -0.551. The minimum Gasteiger partial charge on any atom is -0.376 e. The van der Waals surface area contributed by atoms with Crippen LogP contribution in [0.2, 0.25) is 0 Å². The fourth-order valence-electron chi connectivity index (χ4n) is 2.68. The Labute approximate surface area is 137 Å². The lowest BCUT2D eigenvalue weighted by atomic mass is 10.0. The number of carbonyl (C=O) groups excluding carboxylic acids is 2. The predicted molar refractivity (Wildman–Crippen MR) is 89.3 cm³/mol. The molecular weight excluding hydrogens is 292 g/mol. The summed E-state index contributed by atoms with van der Waals surface area (Å²) in [5, 5.41) is 5.74. The third kappa shape index (κ3) is 5.06. The molecule has 5 heteroatoms. The van der Waals surface area contributed by atoms with Gasteiger partial charge in [0.25, 0.3) is 5.91 Å². The highest BCUT2D eigenvalue weighted by Gasteiger charge is 2.26. The van der Waals surface area contributed by atoms with Gasteiger partial charge in [-0.05, 0) is 37.8 Å². The van der Waals surface area contributed by atoms with Gasteiger partial charge in [-0.1, -0.05) is 31.5 Å². The SMILES string of the molecule is Cc1cccc(C(=O)N[C@@H](C(=O)NC[C@@H]2CCCO2)C(C)C)c1. The monoisotopic (exact) mass is 318 g/mol. The molecule has 0 saturated carbocycles. The zero-order valence-electron chi connectivity index (χ0n) is 14.1. The van der Waals surface area contributed by atoms with E-state index >= 15 is 0 Å². The van der Waals surface area contributed by atoms with Gasteiger partial charge in [0, 0.05) is 18.7 Å². The van der Waals surface area contributed by atoms with E-state index in [0.29, 0.717) is 12.1 Å². The van der Waals surface area contributed by atoms with Gasteiger partial charge in [0.2, 0.25) is 5.91 Å². The van der Waals surface area contributed by atoms with Gasteiger partial charge >= 0.3 is 0 Å². The van der Waals surface area contributed by atoms with E-state index in [1.54, 1.807) is 6.07 Å². The lowest BCUT2D eigenvalue weighted by Gasteiger charge is -2.22. The van der Waals surface area contributed by atoms with Crippen molar-refractivity contribution in [1.82, 2.24) is 10.6 Å². The first-order chi connectivity index (χ1) is 11.0. The molecule has 0 aliphatic carbocycles. The van der Waals surface area contributed by atoms with Gasteiger partial charge in [0.05, 0.1) is 6.10 Å². The summed E-state index contributed by atoms with van der Waals surface area (Å²) in [7, 11) is 0. The van der Waals surface area contributed by atoms with Crippen LogP contribution in [-0.2, 0) is 9.53 Å². The van der Waals surface area contributed by atoms with E-state index in [1.807, 2.05) is 39.0 Å². The van der Waals surface area contributed by atoms with Crippen LogP contribution in [0.5, 0.6) is 0 Å². The number of carbonyl (C=O) groups is 2. The average Bonchev–Trinajstić information content (AvgIpc) is 3.03. The van der Waals surface area contributed by atoms with Crippen molar-refractivity contribution in [2.75, 3.05) is 13.2 Å². The molecule has 0 radical (unpaired) electrons. The molecule has 1 aromatic carbocycles. The molecule has 1 saturated heterocycles. The molecule has 2 N–H and O–H groups in total. The number of benzene rings is 1. The highest BCUT2D eigenvalue weighted by molar-refractivity contribution is 5.97. The van der Waals surface area contributed by atoms with Crippen molar-refractivity contribution >= 4 is 11.8 Å². The van der Waals surface area contributed by atoms with Crippen LogP contribution in [0.15, 0.2) is 24.3 Å². The molecule has 23 heavy (non-hydrogen) atoms. The molecule has 0 unspecified atom stereocenters. The molecular formula is C18H26N2O3. The molecule has 1 aromatic rings. The number of rotatable bonds is 6. The highest BCUT2D eigenvalue weighted by Crippen LogP contribution is 2.11. The van der Waals surface area contributed by atoms with Crippen molar-refractivity contribution < 1.29 is 14.3 Å². The van der Waals surface area contributed by atoms with Crippen molar-refractivity contribution in [2.45, 2.75) is 45.8 Å². The first-order valence-electron chi connectivity index (χ1n) is 8.24. The quantitative estimate of drug-likeness (QED) is 0.843. The van der Waals surface area contributed by atoms with Crippen molar-refractivity contribution in [2.24, 2.45) is 5.92 Å². The summed E-state index contributed by atoms with van der Waals surface area (Å²) in [6, 6.07) is 6.79. The number of hydrogen-bond acceptors (Lipinski definition) is 3. The summed E-state index contributed by atoms with van der Waals surface area (Å²) in [6.07, 6.45) is 2.11. The second kappa shape index (κ2) is 8.11. The van der Waals surface area contributed by atoms with Crippen LogP contribution in [-0.4, -0.2) is 37.1 Å². The first-order valence-corrected chi connectivity index (χ1v) is 8.24. The van der Waals surface area contributed by atoms with Crippen LogP contribution in [0.1, 0.15) is 42.6 Å². The van der Waals surface area contributed by atoms with Gasteiger partial charge in [-0.2, -0.15) is 0 Å².